The lowest BCUT2D eigenvalue weighted by atomic mass is 9.89. The fourth-order valence-electron chi connectivity index (χ4n) is 3.61. The number of amides is 1. The van der Waals surface area contributed by atoms with E-state index in [1.807, 2.05) is 24.1 Å². The van der Waals surface area contributed by atoms with E-state index in [4.69, 9.17) is 0 Å². The predicted octanol–water partition coefficient (Wildman–Crippen LogP) is 0.276. The number of carbonyl (C=O) groups excluding carboxylic acids is 1. The van der Waals surface area contributed by atoms with Crippen molar-refractivity contribution >= 4 is 5.91 Å². The van der Waals surface area contributed by atoms with Crippen molar-refractivity contribution in [2.24, 2.45) is 13.0 Å². The van der Waals surface area contributed by atoms with Gasteiger partial charge in [0.2, 0.25) is 5.91 Å². The average Bonchev–Trinajstić information content (AvgIpc) is 3.15. The summed E-state index contributed by atoms with van der Waals surface area (Å²) in [4.78, 5) is 17.4. The Morgan fingerprint density at radius 3 is 2.59 bits per heavy atom. The largest absolute Gasteiger partial charge is 0.340 e. The summed E-state index contributed by atoms with van der Waals surface area (Å²) in [6.45, 7) is 9.77. The molecule has 2 atom stereocenters. The molecule has 122 valence electrons. The summed E-state index contributed by atoms with van der Waals surface area (Å²) in [5, 5.41) is 7.64. The first-order valence-corrected chi connectivity index (χ1v) is 8.28. The number of hydrogen-bond donors (Lipinski definition) is 1. The normalized spacial score (nSPS) is 26.8. The molecule has 3 rings (SSSR count). The molecule has 1 amide bonds. The van der Waals surface area contributed by atoms with Crippen LogP contribution in [0.25, 0.3) is 0 Å². The van der Waals surface area contributed by atoms with Gasteiger partial charge in [0.05, 0.1) is 12.1 Å². The van der Waals surface area contributed by atoms with Crippen LogP contribution in [0.1, 0.15) is 25.3 Å². The molecule has 2 saturated heterocycles. The van der Waals surface area contributed by atoms with E-state index in [2.05, 4.69) is 34.1 Å². The molecule has 0 aromatic carbocycles. The Bertz CT molecular complexity index is 518. The molecule has 1 aromatic heterocycles. The smallest absolute Gasteiger partial charge is 0.227 e. The molecule has 2 fully saturated rings. The number of aromatic nitrogens is 2. The summed E-state index contributed by atoms with van der Waals surface area (Å²) in [5.74, 6) is 0.612. The standard InChI is InChI=1S/C16H27N5O/c1-12(2)20-4-6-21(7-5-20)16(22)15-10-17-9-14(15)13-8-18-19(3)11-13/h8,11-12,14-15,17H,4-7,9-10H2,1-3H3/t14-,15+/m1/s1. The maximum atomic E-state index is 12.9. The Labute approximate surface area is 132 Å². The van der Waals surface area contributed by atoms with Crippen LogP contribution in [0.2, 0.25) is 0 Å². The molecule has 3 heterocycles. The first kappa shape index (κ1) is 15.5. The topological polar surface area (TPSA) is 53.4 Å². The van der Waals surface area contributed by atoms with Crippen LogP contribution >= 0.6 is 0 Å². The minimum absolute atomic E-state index is 0.0507. The van der Waals surface area contributed by atoms with Gasteiger partial charge in [-0.1, -0.05) is 0 Å². The van der Waals surface area contributed by atoms with Gasteiger partial charge in [-0.3, -0.25) is 14.4 Å². The number of piperazine rings is 1. The predicted molar refractivity (Wildman–Crippen MR) is 85.6 cm³/mol. The van der Waals surface area contributed by atoms with Crippen molar-refractivity contribution in [2.45, 2.75) is 25.8 Å². The number of rotatable bonds is 3. The summed E-state index contributed by atoms with van der Waals surface area (Å²) < 4.78 is 1.82. The van der Waals surface area contributed by atoms with E-state index < -0.39 is 0 Å². The van der Waals surface area contributed by atoms with Crippen LogP contribution in [0, 0.1) is 5.92 Å². The molecule has 1 N–H and O–H groups in total. The molecule has 0 aliphatic carbocycles. The zero-order chi connectivity index (χ0) is 15.7. The third-order valence-corrected chi connectivity index (χ3v) is 5.04. The number of nitrogens with one attached hydrogen (secondary N) is 1. The lowest BCUT2D eigenvalue weighted by molar-refractivity contribution is -0.137. The van der Waals surface area contributed by atoms with E-state index in [0.29, 0.717) is 11.9 Å². The maximum Gasteiger partial charge on any atom is 0.227 e. The van der Waals surface area contributed by atoms with Gasteiger partial charge in [-0.05, 0) is 19.4 Å². The highest BCUT2D eigenvalue weighted by atomic mass is 16.2. The number of hydrogen-bond acceptors (Lipinski definition) is 4. The van der Waals surface area contributed by atoms with Gasteiger partial charge < -0.3 is 10.2 Å². The Hall–Kier alpha value is -1.40. The van der Waals surface area contributed by atoms with Crippen LogP contribution in [0.5, 0.6) is 0 Å². The molecule has 6 nitrogen and oxygen atoms in total. The van der Waals surface area contributed by atoms with E-state index in [1.54, 1.807) is 0 Å². The van der Waals surface area contributed by atoms with Gasteiger partial charge in [0.15, 0.2) is 0 Å². The van der Waals surface area contributed by atoms with Gasteiger partial charge in [0, 0.05) is 64.5 Å². The van der Waals surface area contributed by atoms with Gasteiger partial charge in [-0.2, -0.15) is 5.10 Å². The van der Waals surface area contributed by atoms with Crippen molar-refractivity contribution in [1.29, 1.82) is 0 Å². The lowest BCUT2D eigenvalue weighted by Crippen LogP contribution is -2.52. The van der Waals surface area contributed by atoms with Crippen molar-refractivity contribution in [3.8, 4) is 0 Å². The highest BCUT2D eigenvalue weighted by Gasteiger charge is 2.37. The molecular weight excluding hydrogens is 278 g/mol. The lowest BCUT2D eigenvalue weighted by Gasteiger charge is -2.38. The quantitative estimate of drug-likeness (QED) is 0.871. The van der Waals surface area contributed by atoms with Crippen LogP contribution < -0.4 is 5.32 Å². The minimum atomic E-state index is 0.0507. The fraction of sp³-hybridized carbons (Fsp3) is 0.750. The van der Waals surface area contributed by atoms with Crippen molar-refractivity contribution in [3.05, 3.63) is 18.0 Å². The summed E-state index contributed by atoms with van der Waals surface area (Å²) in [5.41, 5.74) is 1.17. The number of aryl methyl sites for hydroxylation is 1. The molecular formula is C16H27N5O. The minimum Gasteiger partial charge on any atom is -0.340 e. The van der Waals surface area contributed by atoms with E-state index in [9.17, 15) is 4.79 Å². The Balaban J connectivity index is 1.64. The van der Waals surface area contributed by atoms with E-state index in [-0.39, 0.29) is 11.8 Å². The van der Waals surface area contributed by atoms with Gasteiger partial charge >= 0.3 is 0 Å². The molecule has 0 radical (unpaired) electrons. The Morgan fingerprint density at radius 1 is 1.27 bits per heavy atom. The van der Waals surface area contributed by atoms with Gasteiger partial charge in [0.25, 0.3) is 0 Å². The first-order valence-electron chi connectivity index (χ1n) is 8.28. The van der Waals surface area contributed by atoms with Crippen molar-refractivity contribution in [1.82, 2.24) is 24.9 Å². The van der Waals surface area contributed by atoms with E-state index in [0.717, 1.165) is 39.3 Å². The molecule has 0 unspecified atom stereocenters. The molecule has 0 saturated carbocycles. The van der Waals surface area contributed by atoms with Crippen LogP contribution in [0.4, 0.5) is 0 Å². The molecule has 2 aliphatic heterocycles. The van der Waals surface area contributed by atoms with Crippen molar-refractivity contribution < 1.29 is 4.79 Å². The molecule has 0 bridgehead atoms. The summed E-state index contributed by atoms with van der Waals surface area (Å²) in [7, 11) is 1.92. The highest BCUT2D eigenvalue weighted by molar-refractivity contribution is 5.80. The van der Waals surface area contributed by atoms with Gasteiger partial charge in [0.1, 0.15) is 0 Å². The highest BCUT2D eigenvalue weighted by Crippen LogP contribution is 2.29. The van der Waals surface area contributed by atoms with Gasteiger partial charge in [-0.25, -0.2) is 0 Å². The Morgan fingerprint density at radius 2 is 2.00 bits per heavy atom. The van der Waals surface area contributed by atoms with Gasteiger partial charge in [-0.15, -0.1) is 0 Å². The number of carbonyl (C=O) groups is 1. The SMILES string of the molecule is CC(C)N1CCN(C(=O)[C@H]2CNC[C@@H]2c2cnn(C)c2)CC1. The van der Waals surface area contributed by atoms with Crippen LogP contribution in [0.3, 0.4) is 0 Å². The fourth-order valence-corrected chi connectivity index (χ4v) is 3.61. The third-order valence-electron chi connectivity index (χ3n) is 5.04. The van der Waals surface area contributed by atoms with Crippen LogP contribution in [-0.2, 0) is 11.8 Å². The zero-order valence-electron chi connectivity index (χ0n) is 13.8. The van der Waals surface area contributed by atoms with Crippen LogP contribution in [-0.4, -0.2) is 70.8 Å². The molecule has 22 heavy (non-hydrogen) atoms. The number of nitrogens with zero attached hydrogens (tertiary/aromatic N) is 4. The molecule has 1 aromatic rings. The maximum absolute atomic E-state index is 12.9. The van der Waals surface area contributed by atoms with E-state index >= 15 is 0 Å². The molecule has 6 heteroatoms. The van der Waals surface area contributed by atoms with Crippen molar-refractivity contribution in [2.75, 3.05) is 39.3 Å². The summed E-state index contributed by atoms with van der Waals surface area (Å²) >= 11 is 0. The summed E-state index contributed by atoms with van der Waals surface area (Å²) in [6.07, 6.45) is 3.93. The Kier molecular flexibility index (Phi) is 4.49. The second kappa shape index (κ2) is 6.38. The monoisotopic (exact) mass is 305 g/mol. The van der Waals surface area contributed by atoms with Crippen LogP contribution in [0.15, 0.2) is 12.4 Å². The second-order valence-corrected chi connectivity index (χ2v) is 6.77. The second-order valence-electron chi connectivity index (χ2n) is 6.77. The zero-order valence-corrected chi connectivity index (χ0v) is 13.8. The third kappa shape index (κ3) is 3.03. The molecule has 2 aliphatic rings. The van der Waals surface area contributed by atoms with Crippen molar-refractivity contribution in [3.63, 3.8) is 0 Å². The first-order chi connectivity index (χ1) is 10.6. The summed E-state index contributed by atoms with van der Waals surface area (Å²) in [6, 6.07) is 0.563. The van der Waals surface area contributed by atoms with E-state index in [1.165, 1.54) is 5.56 Å². The molecule has 0 spiro atoms. The average molecular weight is 305 g/mol.